The Labute approximate surface area is 84.5 Å². The molecule has 0 heterocycles. The lowest BCUT2D eigenvalue weighted by Crippen LogP contribution is -2.03. The van der Waals surface area contributed by atoms with E-state index in [1.54, 1.807) is 0 Å². The minimum Gasteiger partial charge on any atom is -0.361 e. The fraction of sp³-hybridized carbons (Fsp3) is 0. The largest absolute Gasteiger partial charge is 0.361 e. The molecule has 13 heavy (non-hydrogen) atoms. The van der Waals surface area contributed by atoms with Crippen molar-refractivity contribution in [1.29, 1.82) is 0 Å². The van der Waals surface area contributed by atoms with Crippen LogP contribution in [0.2, 0.25) is 10.0 Å². The molecule has 0 bridgehead atoms. The molecule has 0 saturated heterocycles. The van der Waals surface area contributed by atoms with E-state index in [-0.39, 0.29) is 5.71 Å². The lowest BCUT2D eigenvalue weighted by Gasteiger charge is -1.94. The molecule has 0 aliphatic rings. The molecule has 0 aliphatic heterocycles. The summed E-state index contributed by atoms with van der Waals surface area (Å²) >= 11 is 11.3. The van der Waals surface area contributed by atoms with Crippen LogP contribution in [0.5, 0.6) is 0 Å². The fourth-order valence-corrected chi connectivity index (χ4v) is 1.38. The molecule has 1 aromatic rings. The Hall–Kier alpha value is -1.15. The smallest absolute Gasteiger partial charge is 0.361 e. The number of carbonyl (C=O) groups is 1. The first-order valence-electron chi connectivity index (χ1n) is 3.31. The van der Waals surface area contributed by atoms with Gasteiger partial charge < -0.3 is 5.53 Å². The maximum Gasteiger partial charge on any atom is 0.361 e. The summed E-state index contributed by atoms with van der Waals surface area (Å²) in [6.45, 7) is 0. The van der Waals surface area contributed by atoms with Crippen LogP contribution < -0.4 is 0 Å². The predicted octanol–water partition coefficient (Wildman–Crippen LogP) is 2.21. The van der Waals surface area contributed by atoms with Crippen LogP contribution in [-0.2, 0) is 4.79 Å². The van der Waals surface area contributed by atoms with E-state index < -0.39 is 0 Å². The van der Waals surface area contributed by atoms with E-state index in [9.17, 15) is 4.79 Å². The van der Waals surface area contributed by atoms with Crippen molar-refractivity contribution in [2.45, 2.75) is 0 Å². The summed E-state index contributed by atoms with van der Waals surface area (Å²) in [4.78, 5) is 13.2. The van der Waals surface area contributed by atoms with Gasteiger partial charge in [-0.2, -0.15) is 4.79 Å². The summed E-state index contributed by atoms with van der Waals surface area (Å²) < 4.78 is 0. The minimum absolute atomic E-state index is 0.107. The van der Waals surface area contributed by atoms with E-state index in [1.165, 1.54) is 18.2 Å². The van der Waals surface area contributed by atoms with Crippen LogP contribution in [-0.4, -0.2) is 16.8 Å². The van der Waals surface area contributed by atoms with Gasteiger partial charge in [-0.3, -0.25) is 4.79 Å². The van der Waals surface area contributed by atoms with Crippen LogP contribution in [0.4, 0.5) is 0 Å². The highest BCUT2D eigenvalue weighted by Gasteiger charge is 2.11. The summed E-state index contributed by atoms with van der Waals surface area (Å²) in [5, 5.41) is 0.760. The molecule has 0 spiro atoms. The number of rotatable bonds is 2. The van der Waals surface area contributed by atoms with Crippen LogP contribution in [0.1, 0.15) is 5.56 Å². The van der Waals surface area contributed by atoms with Gasteiger partial charge >= 0.3 is 5.71 Å². The van der Waals surface area contributed by atoms with Gasteiger partial charge in [-0.1, -0.05) is 23.2 Å². The zero-order valence-corrected chi connectivity index (χ0v) is 7.88. The first-order valence-corrected chi connectivity index (χ1v) is 4.06. The van der Waals surface area contributed by atoms with Gasteiger partial charge in [-0.25, -0.2) is 0 Å². The molecule has 1 rings (SSSR count). The highest BCUT2D eigenvalue weighted by Crippen LogP contribution is 2.18. The third-order valence-electron chi connectivity index (χ3n) is 1.38. The van der Waals surface area contributed by atoms with Gasteiger partial charge in [-0.05, 0) is 18.2 Å². The Morgan fingerprint density at radius 3 is 2.23 bits per heavy atom. The predicted molar refractivity (Wildman–Crippen MR) is 50.3 cm³/mol. The molecule has 0 saturated carbocycles. The van der Waals surface area contributed by atoms with Crippen molar-refractivity contribution in [3.63, 3.8) is 0 Å². The van der Waals surface area contributed by atoms with Crippen LogP contribution in [0, 0.1) is 0 Å². The van der Waals surface area contributed by atoms with Gasteiger partial charge in [0.15, 0.2) is 0 Å². The summed E-state index contributed by atoms with van der Waals surface area (Å²) in [7, 11) is 0. The molecule has 1 aromatic carbocycles. The van der Waals surface area contributed by atoms with Crippen LogP contribution in [0.3, 0.4) is 0 Å². The maximum atomic E-state index is 10.4. The second kappa shape index (κ2) is 4.19. The molecule has 66 valence electrons. The van der Waals surface area contributed by atoms with Gasteiger partial charge in [0.25, 0.3) is 0 Å². The molecular weight excluding hydrogens is 211 g/mol. The van der Waals surface area contributed by atoms with Crippen LogP contribution in [0.25, 0.3) is 5.53 Å². The van der Waals surface area contributed by atoms with E-state index in [0.29, 0.717) is 21.9 Å². The summed E-state index contributed by atoms with van der Waals surface area (Å²) in [5.74, 6) is 0. The Kier molecular flexibility index (Phi) is 3.20. The van der Waals surface area contributed by atoms with Crippen LogP contribution >= 0.6 is 23.2 Å². The first kappa shape index (κ1) is 9.93. The van der Waals surface area contributed by atoms with Crippen LogP contribution in [0.15, 0.2) is 18.2 Å². The van der Waals surface area contributed by atoms with Crippen molar-refractivity contribution in [2.75, 3.05) is 0 Å². The molecule has 0 aliphatic carbocycles. The summed E-state index contributed by atoms with van der Waals surface area (Å²) in [6.07, 6.45) is 0.419. The molecule has 0 unspecified atom stereocenters. The molecule has 0 fully saturated rings. The summed E-state index contributed by atoms with van der Waals surface area (Å²) in [5.41, 5.74) is 8.71. The van der Waals surface area contributed by atoms with Crippen molar-refractivity contribution in [3.05, 3.63) is 39.3 Å². The normalized spacial score (nSPS) is 9.08. The second-order valence-electron chi connectivity index (χ2n) is 2.26. The highest BCUT2D eigenvalue weighted by molar-refractivity contribution is 6.38. The number of halogens is 2. The van der Waals surface area contributed by atoms with Crippen molar-refractivity contribution in [1.82, 2.24) is 0 Å². The van der Waals surface area contributed by atoms with E-state index in [1.807, 2.05) is 0 Å². The molecule has 5 heteroatoms. The maximum absolute atomic E-state index is 10.4. The van der Waals surface area contributed by atoms with Crippen molar-refractivity contribution >= 4 is 35.2 Å². The van der Waals surface area contributed by atoms with E-state index in [2.05, 4.69) is 4.79 Å². The average molecular weight is 215 g/mol. The van der Waals surface area contributed by atoms with Gasteiger partial charge in [0.05, 0.1) is 5.56 Å². The number of hydrogen-bond donors (Lipinski definition) is 0. The molecular formula is C8H4Cl2N2O. The Bertz CT molecular complexity index is 377. The molecule has 3 nitrogen and oxygen atoms in total. The van der Waals surface area contributed by atoms with E-state index in [0.717, 1.165) is 0 Å². The summed E-state index contributed by atoms with van der Waals surface area (Å²) in [6, 6.07) is 4.49. The highest BCUT2D eigenvalue weighted by atomic mass is 35.5. The lowest BCUT2D eigenvalue weighted by atomic mass is 10.1. The van der Waals surface area contributed by atoms with E-state index in [4.69, 9.17) is 28.7 Å². The standard InChI is InChI=1S/C8H4Cl2N2O/c9-6-1-5(2-7(10)3-6)8(4-13)12-11/h1-4H. The topological polar surface area (TPSA) is 53.5 Å². The SMILES string of the molecule is [N-]=[N+]=C(C=O)c1cc(Cl)cc(Cl)c1. The molecule has 0 aromatic heterocycles. The molecule has 0 N–H and O–H groups in total. The number of aldehydes is 1. The quantitative estimate of drug-likeness (QED) is 0.323. The van der Waals surface area contributed by atoms with Gasteiger partial charge in [0.2, 0.25) is 6.29 Å². The van der Waals surface area contributed by atoms with E-state index >= 15 is 0 Å². The first-order chi connectivity index (χ1) is 6.17. The molecule has 0 atom stereocenters. The lowest BCUT2D eigenvalue weighted by molar-refractivity contribution is -0.106. The number of nitrogens with zero attached hydrogens (tertiary/aromatic N) is 2. The Morgan fingerprint density at radius 2 is 1.85 bits per heavy atom. The molecule has 0 amide bonds. The fourth-order valence-electron chi connectivity index (χ4n) is 0.851. The Morgan fingerprint density at radius 1 is 1.31 bits per heavy atom. The number of carbonyl (C=O) groups excluding carboxylic acids is 1. The zero-order valence-electron chi connectivity index (χ0n) is 6.37. The third kappa shape index (κ3) is 2.39. The van der Waals surface area contributed by atoms with Crippen molar-refractivity contribution in [3.8, 4) is 0 Å². The van der Waals surface area contributed by atoms with Crippen molar-refractivity contribution < 1.29 is 9.58 Å². The van der Waals surface area contributed by atoms with Gasteiger partial charge in [-0.15, -0.1) is 0 Å². The molecule has 0 radical (unpaired) electrons. The monoisotopic (exact) mass is 214 g/mol. The third-order valence-corrected chi connectivity index (χ3v) is 1.81. The average Bonchev–Trinajstić information content (AvgIpc) is 2.04. The van der Waals surface area contributed by atoms with Gasteiger partial charge in [0, 0.05) is 10.0 Å². The number of hydrogen-bond acceptors (Lipinski definition) is 1. The van der Waals surface area contributed by atoms with Gasteiger partial charge in [0.1, 0.15) is 0 Å². The Balaban J connectivity index is 3.30. The second-order valence-corrected chi connectivity index (χ2v) is 3.13. The minimum atomic E-state index is -0.107. The zero-order chi connectivity index (χ0) is 9.84. The number of benzene rings is 1. The van der Waals surface area contributed by atoms with Crippen molar-refractivity contribution in [2.24, 2.45) is 0 Å².